The van der Waals surface area contributed by atoms with E-state index in [0.29, 0.717) is 0 Å². The van der Waals surface area contributed by atoms with E-state index in [4.69, 9.17) is 14.4 Å². The number of aromatic nitrogens is 3. The molecule has 158 valence electrons. The van der Waals surface area contributed by atoms with Crippen molar-refractivity contribution in [2.45, 2.75) is 20.8 Å². The molecule has 0 atom stereocenters. The number of aliphatic imine (C=N–C) groups is 1. The van der Waals surface area contributed by atoms with Gasteiger partial charge in [-0.25, -0.2) is 14.4 Å². The van der Waals surface area contributed by atoms with Gasteiger partial charge in [0.05, 0.1) is 11.0 Å². The standard InChI is InChI=1S/C27H24N4O/c1-6-11-18(4)19(5)28-24(16-17(2)3)31-25-20-12-7-10-15-23(20)32-26(25)30-22-14-9-8-13-21(22)29-27(30)31/h6-16H,1-2H2,3-5H3/b18-11+,24-16+,28-19+. The van der Waals surface area contributed by atoms with Crippen molar-refractivity contribution in [3.8, 4) is 0 Å². The molecule has 5 heteroatoms. The maximum atomic E-state index is 6.34. The van der Waals surface area contributed by atoms with Crippen LogP contribution in [-0.4, -0.2) is 19.7 Å². The Morgan fingerprint density at radius 3 is 2.59 bits per heavy atom. The molecule has 0 bridgehead atoms. The molecule has 0 aliphatic rings. The fourth-order valence-corrected chi connectivity index (χ4v) is 3.99. The first-order valence-electron chi connectivity index (χ1n) is 10.5. The zero-order valence-corrected chi connectivity index (χ0v) is 18.5. The maximum absolute atomic E-state index is 6.34. The van der Waals surface area contributed by atoms with E-state index in [1.165, 1.54) is 0 Å². The highest BCUT2D eigenvalue weighted by atomic mass is 16.3. The molecular weight excluding hydrogens is 396 g/mol. The van der Waals surface area contributed by atoms with Gasteiger partial charge in [0.15, 0.2) is 0 Å². The first kappa shape index (κ1) is 19.8. The van der Waals surface area contributed by atoms with Crippen molar-refractivity contribution in [3.63, 3.8) is 0 Å². The molecule has 2 aromatic carbocycles. The topological polar surface area (TPSA) is 47.7 Å². The van der Waals surface area contributed by atoms with Gasteiger partial charge < -0.3 is 4.42 Å². The maximum Gasteiger partial charge on any atom is 0.232 e. The Labute approximate surface area is 186 Å². The van der Waals surface area contributed by atoms with Gasteiger partial charge in [-0.3, -0.25) is 4.57 Å². The van der Waals surface area contributed by atoms with Crippen LogP contribution in [0.4, 0.5) is 0 Å². The molecule has 5 rings (SSSR count). The molecule has 3 aromatic heterocycles. The van der Waals surface area contributed by atoms with Gasteiger partial charge in [-0.15, -0.1) is 0 Å². The van der Waals surface area contributed by atoms with E-state index in [1.54, 1.807) is 6.08 Å². The highest BCUT2D eigenvalue weighted by Crippen LogP contribution is 2.36. The molecule has 0 saturated carbocycles. The molecule has 0 saturated heterocycles. The number of hydrogen-bond acceptors (Lipinski definition) is 3. The second kappa shape index (κ2) is 7.54. The molecule has 0 N–H and O–H groups in total. The highest BCUT2D eigenvalue weighted by Gasteiger charge is 2.23. The smallest absolute Gasteiger partial charge is 0.232 e. The van der Waals surface area contributed by atoms with Gasteiger partial charge in [-0.1, -0.05) is 55.1 Å². The number of para-hydroxylation sites is 3. The SMILES string of the molecule is C=C/C=C(C)/C(C)=N/C(=C\C(=C)C)n1c2c3ccccc3oc2n2c3ccccc3nc12. The van der Waals surface area contributed by atoms with Gasteiger partial charge in [0.1, 0.15) is 16.9 Å². The second-order valence-corrected chi connectivity index (χ2v) is 7.95. The zero-order valence-electron chi connectivity index (χ0n) is 18.5. The fraction of sp³-hybridized carbons (Fsp3) is 0.111. The Hall–Kier alpha value is -4.12. The van der Waals surface area contributed by atoms with Crippen molar-refractivity contribution in [1.82, 2.24) is 14.0 Å². The number of nitrogens with zero attached hydrogens (tertiary/aromatic N) is 4. The third kappa shape index (κ3) is 3.02. The molecule has 5 aromatic rings. The average Bonchev–Trinajstić information content (AvgIpc) is 3.40. The van der Waals surface area contributed by atoms with Crippen LogP contribution >= 0.6 is 0 Å². The van der Waals surface area contributed by atoms with Crippen LogP contribution in [0.2, 0.25) is 0 Å². The van der Waals surface area contributed by atoms with Gasteiger partial charge in [0.25, 0.3) is 0 Å². The predicted octanol–water partition coefficient (Wildman–Crippen LogP) is 7.16. The summed E-state index contributed by atoms with van der Waals surface area (Å²) in [6, 6.07) is 16.1. The number of imidazole rings is 2. The molecule has 0 aliphatic heterocycles. The van der Waals surface area contributed by atoms with Crippen LogP contribution in [0.25, 0.3) is 44.8 Å². The van der Waals surface area contributed by atoms with Crippen molar-refractivity contribution in [2.24, 2.45) is 4.99 Å². The first-order chi connectivity index (χ1) is 15.5. The van der Waals surface area contributed by atoms with Crippen LogP contribution < -0.4 is 0 Å². The molecule has 0 radical (unpaired) electrons. The second-order valence-electron chi connectivity index (χ2n) is 7.95. The van der Waals surface area contributed by atoms with E-state index in [-0.39, 0.29) is 0 Å². The lowest BCUT2D eigenvalue weighted by molar-refractivity contribution is 0.651. The van der Waals surface area contributed by atoms with Gasteiger partial charge >= 0.3 is 0 Å². The molecule has 0 fully saturated rings. The summed E-state index contributed by atoms with van der Waals surface area (Å²) in [5.74, 6) is 1.48. The van der Waals surface area contributed by atoms with E-state index >= 15 is 0 Å². The Morgan fingerprint density at radius 1 is 1.06 bits per heavy atom. The largest absolute Gasteiger partial charge is 0.437 e. The lowest BCUT2D eigenvalue weighted by Gasteiger charge is -2.08. The summed E-state index contributed by atoms with van der Waals surface area (Å²) in [4.78, 5) is 9.95. The third-order valence-corrected chi connectivity index (χ3v) is 5.55. The molecule has 0 aliphatic carbocycles. The summed E-state index contributed by atoms with van der Waals surface area (Å²) in [7, 11) is 0. The Balaban J connectivity index is 1.96. The fourth-order valence-electron chi connectivity index (χ4n) is 3.99. The molecule has 0 spiro atoms. The van der Waals surface area contributed by atoms with Crippen molar-refractivity contribution in [3.05, 3.63) is 91.1 Å². The van der Waals surface area contributed by atoms with E-state index in [0.717, 1.165) is 61.7 Å². The van der Waals surface area contributed by atoms with E-state index in [1.807, 2.05) is 69.3 Å². The van der Waals surface area contributed by atoms with Gasteiger partial charge in [-0.05, 0) is 56.7 Å². The quantitative estimate of drug-likeness (QED) is 0.224. The van der Waals surface area contributed by atoms with Crippen molar-refractivity contribution in [1.29, 1.82) is 0 Å². The summed E-state index contributed by atoms with van der Waals surface area (Å²) >= 11 is 0. The number of furan rings is 1. The number of fused-ring (bicyclic) bond motifs is 7. The van der Waals surface area contributed by atoms with Crippen LogP contribution in [-0.2, 0) is 0 Å². The first-order valence-corrected chi connectivity index (χ1v) is 10.5. The minimum atomic E-state index is 0.730. The average molecular weight is 421 g/mol. The Bertz CT molecular complexity index is 1630. The normalized spacial score (nSPS) is 13.7. The lowest BCUT2D eigenvalue weighted by atomic mass is 10.2. The molecule has 0 unspecified atom stereocenters. The highest BCUT2D eigenvalue weighted by molar-refractivity contribution is 6.07. The lowest BCUT2D eigenvalue weighted by Crippen LogP contribution is -2.01. The minimum Gasteiger partial charge on any atom is -0.437 e. The van der Waals surface area contributed by atoms with Crippen molar-refractivity contribution < 1.29 is 4.42 Å². The summed E-state index contributed by atoms with van der Waals surface area (Å²) < 4.78 is 10.5. The van der Waals surface area contributed by atoms with Crippen molar-refractivity contribution in [2.75, 3.05) is 0 Å². The number of hydrogen-bond donors (Lipinski definition) is 0. The Kier molecular flexibility index (Phi) is 4.67. The molecule has 3 heterocycles. The van der Waals surface area contributed by atoms with Crippen LogP contribution in [0.3, 0.4) is 0 Å². The molecule has 0 amide bonds. The van der Waals surface area contributed by atoms with Crippen LogP contribution in [0, 0.1) is 0 Å². The van der Waals surface area contributed by atoms with E-state index in [2.05, 4.69) is 34.3 Å². The number of rotatable bonds is 5. The van der Waals surface area contributed by atoms with Crippen molar-refractivity contribution >= 4 is 50.5 Å². The van der Waals surface area contributed by atoms with Gasteiger partial charge in [0.2, 0.25) is 11.5 Å². The molecule has 32 heavy (non-hydrogen) atoms. The molecule has 5 nitrogen and oxygen atoms in total. The summed E-state index contributed by atoms with van der Waals surface area (Å²) in [5, 5.41) is 1.01. The van der Waals surface area contributed by atoms with Crippen LogP contribution in [0.1, 0.15) is 20.8 Å². The van der Waals surface area contributed by atoms with Crippen LogP contribution in [0.15, 0.2) is 100 Å². The van der Waals surface area contributed by atoms with E-state index in [9.17, 15) is 0 Å². The number of benzene rings is 2. The molecular formula is C27H24N4O. The number of allylic oxidation sites excluding steroid dienone is 5. The monoisotopic (exact) mass is 420 g/mol. The van der Waals surface area contributed by atoms with E-state index < -0.39 is 0 Å². The third-order valence-electron chi connectivity index (χ3n) is 5.55. The zero-order chi connectivity index (χ0) is 22.4. The minimum absolute atomic E-state index is 0.730. The predicted molar refractivity (Wildman–Crippen MR) is 134 cm³/mol. The van der Waals surface area contributed by atoms with Gasteiger partial charge in [-0.2, -0.15) is 0 Å². The summed E-state index contributed by atoms with van der Waals surface area (Å²) in [6.07, 6.45) is 5.70. The summed E-state index contributed by atoms with van der Waals surface area (Å²) in [5.41, 5.74) is 7.21. The van der Waals surface area contributed by atoms with Crippen LogP contribution in [0.5, 0.6) is 0 Å². The van der Waals surface area contributed by atoms with Gasteiger partial charge in [0, 0.05) is 11.1 Å². The Morgan fingerprint density at radius 2 is 1.81 bits per heavy atom. The summed E-state index contributed by atoms with van der Waals surface area (Å²) in [6.45, 7) is 13.9.